The van der Waals surface area contributed by atoms with Crippen molar-refractivity contribution in [3.8, 4) is 5.75 Å². The molecule has 0 aliphatic heterocycles. The van der Waals surface area contributed by atoms with E-state index < -0.39 is 5.97 Å². The van der Waals surface area contributed by atoms with Crippen LogP contribution in [0.3, 0.4) is 0 Å². The van der Waals surface area contributed by atoms with Crippen LogP contribution in [0.2, 0.25) is 0 Å². The summed E-state index contributed by atoms with van der Waals surface area (Å²) in [6.45, 7) is 3.56. The molecular weight excluding hydrogens is 208 g/mol. The van der Waals surface area contributed by atoms with Gasteiger partial charge in [0.05, 0.1) is 0 Å². The fourth-order valence-electron chi connectivity index (χ4n) is 0.859. The molecule has 0 saturated heterocycles. The van der Waals surface area contributed by atoms with E-state index in [0.717, 1.165) is 0 Å². The van der Waals surface area contributed by atoms with Gasteiger partial charge < -0.3 is 12.7 Å². The number of benzene rings is 1. The van der Waals surface area contributed by atoms with Crippen molar-refractivity contribution in [1.82, 2.24) is 0 Å². The Kier molecular flexibility index (Phi) is 6.62. The maximum atomic E-state index is 11.2. The van der Waals surface area contributed by atoms with E-state index in [4.69, 9.17) is 4.74 Å². The van der Waals surface area contributed by atoms with Gasteiger partial charge in [0.25, 0.3) is 0 Å². The van der Waals surface area contributed by atoms with Gasteiger partial charge in [-0.15, -0.1) is 0 Å². The Balaban J connectivity index is -0.000000563. The van der Waals surface area contributed by atoms with Crippen molar-refractivity contribution < 1.29 is 17.5 Å². The summed E-state index contributed by atoms with van der Waals surface area (Å²) in [6, 6.07) is 6.23. The molecule has 0 heterocycles. The first kappa shape index (κ1) is 13.5. The van der Waals surface area contributed by atoms with Crippen molar-refractivity contribution in [3.05, 3.63) is 42.5 Å². The second kappa shape index (κ2) is 6.87. The van der Waals surface area contributed by atoms with Crippen LogP contribution in [0, 0.1) is 0 Å². The molecule has 0 aromatic heterocycles. The van der Waals surface area contributed by atoms with Gasteiger partial charge in [0, 0.05) is 0 Å². The first-order valence-electron chi connectivity index (χ1n) is 3.81. The molecule has 72 valence electrons. The van der Waals surface area contributed by atoms with Gasteiger partial charge in [-0.05, 0) is 12.1 Å². The van der Waals surface area contributed by atoms with E-state index in [2.05, 4.69) is 6.58 Å². The van der Waals surface area contributed by atoms with Crippen molar-refractivity contribution in [2.24, 2.45) is 0 Å². The second-order valence-electron chi connectivity index (χ2n) is 2.40. The third kappa shape index (κ3) is 3.70. The van der Waals surface area contributed by atoms with Crippen LogP contribution < -0.4 is 0 Å². The third-order valence-corrected chi connectivity index (χ3v) is 1.46. The van der Waals surface area contributed by atoms with Crippen LogP contribution in [0.5, 0.6) is 5.75 Å². The molecule has 1 rings (SSSR count). The number of para-hydroxylation sites is 1. The summed E-state index contributed by atoms with van der Waals surface area (Å²) in [5.74, 6) is -0.616. The van der Waals surface area contributed by atoms with Crippen molar-refractivity contribution in [1.29, 1.82) is 0 Å². The second-order valence-corrected chi connectivity index (χ2v) is 2.40. The molecule has 1 N–H and O–H groups in total. The van der Waals surface area contributed by atoms with Crippen LogP contribution >= 0.6 is 0 Å². The van der Waals surface area contributed by atoms with Crippen molar-refractivity contribution in [2.45, 2.75) is 0 Å². The van der Waals surface area contributed by atoms with Crippen LogP contribution in [0.1, 0.15) is 13.2 Å². The number of phenols is 1. The standard InChI is InChI=1S/C10H10O3.Ca.2H/c1-2-7-13-10(12)8-5-3-4-6-9(8)11;;;/h2-6,11H,1,7H2;;;/q;+2;2*-1. The predicted molar refractivity (Wildman–Crippen MR) is 56.6 cm³/mol. The van der Waals surface area contributed by atoms with E-state index in [0.29, 0.717) is 0 Å². The number of esters is 1. The fourth-order valence-corrected chi connectivity index (χ4v) is 0.859. The summed E-state index contributed by atoms with van der Waals surface area (Å²) < 4.78 is 4.74. The normalized spacial score (nSPS) is 8.57. The molecule has 0 bridgehead atoms. The molecule has 4 heteroatoms. The fraction of sp³-hybridized carbons (Fsp3) is 0.100. The average Bonchev–Trinajstić information content (AvgIpc) is 2.15. The van der Waals surface area contributed by atoms with Gasteiger partial charge in [-0.3, -0.25) is 0 Å². The first-order valence-corrected chi connectivity index (χ1v) is 3.81. The number of carbonyl (C=O) groups is 1. The molecule has 0 aliphatic rings. The van der Waals surface area contributed by atoms with E-state index in [1.807, 2.05) is 0 Å². The van der Waals surface area contributed by atoms with E-state index >= 15 is 0 Å². The van der Waals surface area contributed by atoms with Crippen molar-refractivity contribution in [3.63, 3.8) is 0 Å². The third-order valence-electron chi connectivity index (χ3n) is 1.46. The summed E-state index contributed by atoms with van der Waals surface area (Å²) in [4.78, 5) is 11.2. The monoisotopic (exact) mass is 220 g/mol. The van der Waals surface area contributed by atoms with Crippen LogP contribution in [0.25, 0.3) is 0 Å². The SMILES string of the molecule is C=CCOC(=O)c1ccccc1O.[Ca+2].[H-].[H-]. The quantitative estimate of drug-likeness (QED) is 0.478. The molecule has 1 aromatic rings. The summed E-state index contributed by atoms with van der Waals surface area (Å²) >= 11 is 0. The first-order chi connectivity index (χ1) is 6.25. The molecule has 0 fully saturated rings. The number of aromatic hydroxyl groups is 1. The van der Waals surface area contributed by atoms with Crippen LogP contribution in [-0.2, 0) is 4.74 Å². The molecular formula is C10H12CaO3. The van der Waals surface area contributed by atoms with Crippen LogP contribution in [0.4, 0.5) is 0 Å². The van der Waals surface area contributed by atoms with E-state index in [1.165, 1.54) is 18.2 Å². The number of phenolic OH excluding ortho intramolecular Hbond substituents is 1. The minimum absolute atomic E-state index is 0. The molecule has 0 aliphatic carbocycles. The van der Waals surface area contributed by atoms with Gasteiger partial charge >= 0.3 is 43.7 Å². The minimum atomic E-state index is -0.544. The zero-order valence-electron chi connectivity index (χ0n) is 9.77. The molecule has 0 atom stereocenters. The summed E-state index contributed by atoms with van der Waals surface area (Å²) in [7, 11) is 0. The zero-order valence-corrected chi connectivity index (χ0v) is 9.98. The summed E-state index contributed by atoms with van der Waals surface area (Å²) in [5, 5.41) is 9.25. The van der Waals surface area contributed by atoms with E-state index in [9.17, 15) is 9.90 Å². The topological polar surface area (TPSA) is 46.5 Å². The van der Waals surface area contributed by atoms with Gasteiger partial charge in [0.1, 0.15) is 17.9 Å². The largest absolute Gasteiger partial charge is 2.00 e. The molecule has 0 saturated carbocycles. The maximum absolute atomic E-state index is 11.2. The van der Waals surface area contributed by atoms with Gasteiger partial charge in [-0.1, -0.05) is 24.8 Å². The number of hydrogen-bond donors (Lipinski definition) is 1. The smallest absolute Gasteiger partial charge is 1.00 e. The maximum Gasteiger partial charge on any atom is 2.00 e. The average molecular weight is 220 g/mol. The van der Waals surface area contributed by atoms with Crippen LogP contribution in [-0.4, -0.2) is 55.4 Å². The molecule has 0 radical (unpaired) electrons. The Bertz CT molecular complexity index is 332. The zero-order chi connectivity index (χ0) is 9.68. The van der Waals surface area contributed by atoms with Crippen molar-refractivity contribution in [2.75, 3.05) is 6.61 Å². The van der Waals surface area contributed by atoms with Gasteiger partial charge in [-0.2, -0.15) is 0 Å². The molecule has 14 heavy (non-hydrogen) atoms. The Morgan fingerprint density at radius 1 is 1.57 bits per heavy atom. The van der Waals surface area contributed by atoms with Gasteiger partial charge in [0.15, 0.2) is 0 Å². The summed E-state index contributed by atoms with van der Waals surface area (Å²) in [5.41, 5.74) is 0.171. The Hall–Kier alpha value is -0.510. The van der Waals surface area contributed by atoms with Crippen molar-refractivity contribution >= 4 is 43.7 Å². The molecule has 1 aromatic carbocycles. The van der Waals surface area contributed by atoms with Crippen LogP contribution in [0.15, 0.2) is 36.9 Å². The number of rotatable bonds is 3. The van der Waals surface area contributed by atoms with Gasteiger partial charge in [-0.25, -0.2) is 4.79 Å². The van der Waals surface area contributed by atoms with E-state index in [-0.39, 0.29) is 58.5 Å². The molecule has 3 nitrogen and oxygen atoms in total. The summed E-state index contributed by atoms with van der Waals surface area (Å²) in [6.07, 6.45) is 1.47. The number of hydrogen-bond acceptors (Lipinski definition) is 3. The minimum Gasteiger partial charge on any atom is -1.00 e. The molecule has 0 unspecified atom stereocenters. The predicted octanol–water partition coefficient (Wildman–Crippen LogP) is 1.58. The van der Waals surface area contributed by atoms with E-state index in [1.54, 1.807) is 12.1 Å². The molecule has 0 spiro atoms. The number of ether oxygens (including phenoxy) is 1. The Labute approximate surface area is 115 Å². The Morgan fingerprint density at radius 3 is 2.79 bits per heavy atom. The molecule has 0 amide bonds. The Morgan fingerprint density at radius 2 is 2.21 bits per heavy atom. The number of carbonyl (C=O) groups excluding carboxylic acids is 1. The van der Waals surface area contributed by atoms with Gasteiger partial charge in [0.2, 0.25) is 0 Å².